The molecule has 0 aliphatic rings. The molecule has 8 heteroatoms. The first kappa shape index (κ1) is 22.6. The predicted molar refractivity (Wildman–Crippen MR) is 142 cm³/mol. The molecule has 0 fully saturated rings. The van der Waals surface area contributed by atoms with Gasteiger partial charge in [-0.3, -0.25) is 9.50 Å². The van der Waals surface area contributed by atoms with Gasteiger partial charge in [-0.25, -0.2) is 4.98 Å². The summed E-state index contributed by atoms with van der Waals surface area (Å²) >= 11 is 0. The van der Waals surface area contributed by atoms with E-state index in [1.807, 2.05) is 65.2 Å². The Balaban J connectivity index is 0.00000242. The molecule has 8 aromatic rings. The minimum atomic E-state index is 0. The smallest absolute Gasteiger partial charge is 0.501 e. The Hall–Kier alpha value is -4.61. The van der Waals surface area contributed by atoms with Crippen LogP contribution < -0.4 is 4.74 Å². The van der Waals surface area contributed by atoms with Crippen molar-refractivity contribution in [2.75, 3.05) is 0 Å². The van der Waals surface area contributed by atoms with Crippen molar-refractivity contribution in [3.63, 3.8) is 0 Å². The van der Waals surface area contributed by atoms with Crippen LogP contribution in [0.4, 0.5) is 0 Å². The average Bonchev–Trinajstić information content (AvgIpc) is 3.57. The molecule has 0 amide bonds. The van der Waals surface area contributed by atoms with Gasteiger partial charge in [0.1, 0.15) is 12.1 Å². The molecular weight excluding hydrogens is 655 g/mol. The van der Waals surface area contributed by atoms with E-state index in [4.69, 9.17) is 9.72 Å². The van der Waals surface area contributed by atoms with Gasteiger partial charge < -0.3 is 14.3 Å². The fraction of sp³-hybridized carbons (Fsp3) is 0. The number of para-hydroxylation sites is 2. The van der Waals surface area contributed by atoms with Gasteiger partial charge in [-0.2, -0.15) is 5.10 Å². The van der Waals surface area contributed by atoms with E-state index >= 15 is 0 Å². The van der Waals surface area contributed by atoms with E-state index < -0.39 is 0 Å². The fourth-order valence-corrected chi connectivity index (χ4v) is 5.04. The third-order valence-corrected chi connectivity index (χ3v) is 6.61. The van der Waals surface area contributed by atoms with Gasteiger partial charge in [-0.05, 0) is 52.3 Å². The molecule has 0 bridgehead atoms. The van der Waals surface area contributed by atoms with Crippen molar-refractivity contribution in [1.29, 1.82) is 0 Å². The maximum atomic E-state index is 6.25. The molecule has 8 rings (SSSR count). The molecule has 0 saturated heterocycles. The van der Waals surface area contributed by atoms with Crippen LogP contribution >= 0.6 is 0 Å². The largest absolute Gasteiger partial charge is 2.00 e. The molecule has 5 aromatic heterocycles. The van der Waals surface area contributed by atoms with Gasteiger partial charge in [0.15, 0.2) is 0 Å². The van der Waals surface area contributed by atoms with Gasteiger partial charge in [0.25, 0.3) is 0 Å². The standard InChI is InChI=1S/C30H16N6O.Pt/c1-4-10-26-22(7-1)21-13-12-19(15-24(21)30-33-18-34-36(26)30)37-20-16-27-29(32-17-20)23-8-2-3-9-25(23)35(27)28-11-5-6-14-31-28;/h1-14,17-18H;/q-2;+2. The van der Waals surface area contributed by atoms with Gasteiger partial charge in [-0.15, -0.1) is 18.2 Å². The first-order valence-corrected chi connectivity index (χ1v) is 11.8. The Kier molecular flexibility index (Phi) is 5.20. The summed E-state index contributed by atoms with van der Waals surface area (Å²) in [7, 11) is 0. The molecule has 0 aliphatic heterocycles. The second-order valence-corrected chi connectivity index (χ2v) is 8.71. The van der Waals surface area contributed by atoms with Crippen LogP contribution in [-0.4, -0.2) is 29.1 Å². The predicted octanol–water partition coefficient (Wildman–Crippen LogP) is 6.31. The zero-order valence-electron chi connectivity index (χ0n) is 19.6. The van der Waals surface area contributed by atoms with Crippen molar-refractivity contribution >= 4 is 49.3 Å². The molecule has 182 valence electrons. The zero-order valence-corrected chi connectivity index (χ0v) is 21.9. The number of nitrogens with zero attached hydrogens (tertiary/aromatic N) is 6. The van der Waals surface area contributed by atoms with E-state index in [2.05, 4.69) is 50.0 Å². The van der Waals surface area contributed by atoms with Crippen molar-refractivity contribution in [2.45, 2.75) is 0 Å². The van der Waals surface area contributed by atoms with E-state index in [1.54, 1.807) is 18.7 Å². The molecule has 3 aromatic carbocycles. The van der Waals surface area contributed by atoms with Crippen molar-refractivity contribution in [3.8, 4) is 17.3 Å². The Morgan fingerprint density at radius 1 is 0.684 bits per heavy atom. The van der Waals surface area contributed by atoms with E-state index in [1.165, 1.54) is 0 Å². The quantitative estimate of drug-likeness (QED) is 0.163. The minimum Gasteiger partial charge on any atom is -0.501 e. The summed E-state index contributed by atoms with van der Waals surface area (Å²) in [4.78, 5) is 13.8. The molecule has 0 aliphatic carbocycles. The fourth-order valence-electron chi connectivity index (χ4n) is 5.04. The van der Waals surface area contributed by atoms with E-state index in [9.17, 15) is 0 Å². The van der Waals surface area contributed by atoms with E-state index in [0.717, 1.165) is 55.1 Å². The first-order chi connectivity index (χ1) is 18.3. The first-order valence-electron chi connectivity index (χ1n) is 11.8. The average molecular weight is 672 g/mol. The van der Waals surface area contributed by atoms with Crippen LogP contribution in [0.3, 0.4) is 0 Å². The molecule has 38 heavy (non-hydrogen) atoms. The number of hydrogen-bond donors (Lipinski definition) is 0. The van der Waals surface area contributed by atoms with Crippen molar-refractivity contribution in [1.82, 2.24) is 29.1 Å². The molecule has 5 heterocycles. The minimum absolute atomic E-state index is 0. The van der Waals surface area contributed by atoms with Crippen LogP contribution in [-0.2, 0) is 21.1 Å². The maximum absolute atomic E-state index is 6.25. The molecule has 0 radical (unpaired) electrons. The topological polar surface area (TPSA) is 70.1 Å². The van der Waals surface area contributed by atoms with Gasteiger partial charge in [0.2, 0.25) is 0 Å². The van der Waals surface area contributed by atoms with Crippen LogP contribution in [0.5, 0.6) is 11.5 Å². The number of pyridine rings is 3. The Bertz CT molecular complexity index is 2130. The third kappa shape index (κ3) is 3.32. The van der Waals surface area contributed by atoms with Crippen LogP contribution in [0.1, 0.15) is 0 Å². The maximum Gasteiger partial charge on any atom is 2.00 e. The van der Waals surface area contributed by atoms with Gasteiger partial charge in [0.05, 0.1) is 11.2 Å². The molecule has 7 nitrogen and oxygen atoms in total. The number of hydrogen-bond acceptors (Lipinski definition) is 5. The SMILES string of the molecule is [Pt+2].[c-]1c(Oc2[c-]c3c(nc2)c2ccccc2n3-c2ccccn2)ccc2c1c1ncnn1c1ccccc21. The summed E-state index contributed by atoms with van der Waals surface area (Å²) in [6.07, 6.45) is 5.04. The monoisotopic (exact) mass is 671 g/mol. The number of aromatic nitrogens is 6. The number of benzene rings is 3. The van der Waals surface area contributed by atoms with Crippen LogP contribution in [0, 0.1) is 12.1 Å². The number of fused-ring (bicyclic) bond motifs is 9. The third-order valence-electron chi connectivity index (χ3n) is 6.61. The van der Waals surface area contributed by atoms with E-state index in [-0.39, 0.29) is 21.1 Å². The van der Waals surface area contributed by atoms with Crippen molar-refractivity contribution in [3.05, 3.63) is 110 Å². The van der Waals surface area contributed by atoms with Gasteiger partial charge >= 0.3 is 21.1 Å². The van der Waals surface area contributed by atoms with Crippen molar-refractivity contribution < 1.29 is 25.8 Å². The molecule has 0 unspecified atom stereocenters. The van der Waals surface area contributed by atoms with Crippen LogP contribution in [0.15, 0.2) is 97.6 Å². The Morgan fingerprint density at radius 2 is 1.50 bits per heavy atom. The summed E-state index contributed by atoms with van der Waals surface area (Å²) in [5, 5.41) is 8.41. The Morgan fingerprint density at radius 3 is 2.37 bits per heavy atom. The Labute approximate surface area is 230 Å². The second kappa shape index (κ2) is 8.75. The molecular formula is C30H16N6OPt. The number of ether oxygens (including phenoxy) is 1. The molecule has 0 N–H and O–H groups in total. The summed E-state index contributed by atoms with van der Waals surface area (Å²) in [5.41, 5.74) is 4.37. The zero-order chi connectivity index (χ0) is 24.3. The second-order valence-electron chi connectivity index (χ2n) is 8.71. The number of rotatable bonds is 3. The molecule has 0 spiro atoms. The van der Waals surface area contributed by atoms with Crippen LogP contribution in [0.2, 0.25) is 0 Å². The van der Waals surface area contributed by atoms with E-state index in [0.29, 0.717) is 11.5 Å². The molecule has 0 atom stereocenters. The summed E-state index contributed by atoms with van der Waals surface area (Å²) in [6.45, 7) is 0. The van der Waals surface area contributed by atoms with Crippen molar-refractivity contribution in [2.24, 2.45) is 0 Å². The summed E-state index contributed by atoms with van der Waals surface area (Å²) in [6, 6.07) is 32.9. The van der Waals surface area contributed by atoms with Crippen LogP contribution in [0.25, 0.3) is 55.1 Å². The molecule has 0 saturated carbocycles. The van der Waals surface area contributed by atoms with Gasteiger partial charge in [-0.1, -0.05) is 59.3 Å². The van der Waals surface area contributed by atoms with Gasteiger partial charge in [0, 0.05) is 23.2 Å². The summed E-state index contributed by atoms with van der Waals surface area (Å²) in [5.74, 6) is 1.83. The summed E-state index contributed by atoms with van der Waals surface area (Å²) < 4.78 is 10.1. The normalized spacial score (nSPS) is 11.5.